The van der Waals surface area contributed by atoms with Crippen LogP contribution in [0.15, 0.2) is 0 Å². The fourth-order valence-corrected chi connectivity index (χ4v) is 3.20. The third-order valence-corrected chi connectivity index (χ3v) is 4.05. The molecule has 0 bridgehead atoms. The molecule has 2 rings (SSSR count). The zero-order valence-electron chi connectivity index (χ0n) is 11.3. The van der Waals surface area contributed by atoms with E-state index in [1.165, 1.54) is 11.3 Å². The number of carbonyl (C=O) groups is 1. The second kappa shape index (κ2) is 7.17. The zero-order chi connectivity index (χ0) is 13.1. The van der Waals surface area contributed by atoms with E-state index in [9.17, 15) is 4.79 Å². The standard InChI is InChI=1S/C12H20N4OS.ClH/c1-7(2)6-10-15-16-12(18-10)14-11(17)8-4-3-5-9(8)13;/h7-9H,3-6,13H2,1-2H3,(H,14,16,17);1H. The van der Waals surface area contributed by atoms with Gasteiger partial charge in [-0.05, 0) is 18.8 Å². The third kappa shape index (κ3) is 4.40. The van der Waals surface area contributed by atoms with Crippen molar-refractivity contribution in [3.8, 4) is 0 Å². The van der Waals surface area contributed by atoms with Crippen molar-refractivity contribution in [3.05, 3.63) is 5.01 Å². The zero-order valence-corrected chi connectivity index (χ0v) is 12.9. The van der Waals surface area contributed by atoms with Crippen molar-refractivity contribution in [1.29, 1.82) is 0 Å². The summed E-state index contributed by atoms with van der Waals surface area (Å²) in [7, 11) is 0. The molecule has 0 aromatic carbocycles. The molecule has 7 heteroatoms. The van der Waals surface area contributed by atoms with Crippen LogP contribution in [0.25, 0.3) is 0 Å². The van der Waals surface area contributed by atoms with Gasteiger partial charge in [-0.3, -0.25) is 4.79 Å². The van der Waals surface area contributed by atoms with Crippen LogP contribution in [0.5, 0.6) is 0 Å². The van der Waals surface area contributed by atoms with Crippen molar-refractivity contribution in [2.75, 3.05) is 5.32 Å². The van der Waals surface area contributed by atoms with E-state index >= 15 is 0 Å². The van der Waals surface area contributed by atoms with Crippen LogP contribution in [0.2, 0.25) is 0 Å². The molecule has 5 nitrogen and oxygen atoms in total. The Morgan fingerprint density at radius 1 is 1.47 bits per heavy atom. The molecule has 0 radical (unpaired) electrons. The Balaban J connectivity index is 0.00000180. The monoisotopic (exact) mass is 304 g/mol. The number of halogens is 1. The van der Waals surface area contributed by atoms with Gasteiger partial charge in [0.2, 0.25) is 11.0 Å². The SMILES string of the molecule is CC(C)Cc1nnc(NC(=O)C2CCCC2N)s1.Cl. The fraction of sp³-hybridized carbons (Fsp3) is 0.750. The number of nitrogens with one attached hydrogen (secondary N) is 1. The van der Waals surface area contributed by atoms with E-state index in [1.807, 2.05) is 0 Å². The van der Waals surface area contributed by atoms with Crippen LogP contribution >= 0.6 is 23.7 Å². The molecule has 1 amide bonds. The molecule has 1 fully saturated rings. The maximum Gasteiger partial charge on any atom is 0.230 e. The van der Waals surface area contributed by atoms with E-state index in [1.54, 1.807) is 0 Å². The molecule has 0 saturated heterocycles. The summed E-state index contributed by atoms with van der Waals surface area (Å²) >= 11 is 1.45. The molecule has 0 spiro atoms. The fourth-order valence-electron chi connectivity index (χ4n) is 2.25. The Hall–Kier alpha value is -0.720. The van der Waals surface area contributed by atoms with Crippen molar-refractivity contribution in [2.24, 2.45) is 17.6 Å². The third-order valence-electron chi connectivity index (χ3n) is 3.19. The highest BCUT2D eigenvalue weighted by Gasteiger charge is 2.30. The lowest BCUT2D eigenvalue weighted by molar-refractivity contribution is -0.120. The van der Waals surface area contributed by atoms with Crippen LogP contribution in [0.4, 0.5) is 5.13 Å². The molecule has 2 unspecified atom stereocenters. The van der Waals surface area contributed by atoms with Gasteiger partial charge in [0.25, 0.3) is 0 Å². The number of carbonyl (C=O) groups excluding carboxylic acids is 1. The number of hydrogen-bond donors (Lipinski definition) is 2. The second-order valence-corrected chi connectivity index (χ2v) is 6.35. The van der Waals surface area contributed by atoms with Gasteiger partial charge in [-0.25, -0.2) is 0 Å². The van der Waals surface area contributed by atoms with Crippen molar-refractivity contribution in [2.45, 2.75) is 45.6 Å². The minimum absolute atomic E-state index is 0. The van der Waals surface area contributed by atoms with Crippen molar-refractivity contribution in [1.82, 2.24) is 10.2 Å². The molecule has 1 aromatic rings. The topological polar surface area (TPSA) is 80.9 Å². The van der Waals surface area contributed by atoms with Gasteiger partial charge < -0.3 is 11.1 Å². The first-order valence-electron chi connectivity index (χ1n) is 6.45. The number of anilines is 1. The maximum atomic E-state index is 12.0. The number of nitrogens with zero attached hydrogens (tertiary/aromatic N) is 2. The highest BCUT2D eigenvalue weighted by molar-refractivity contribution is 7.15. The number of hydrogen-bond acceptors (Lipinski definition) is 5. The number of rotatable bonds is 4. The molecular weight excluding hydrogens is 284 g/mol. The summed E-state index contributed by atoms with van der Waals surface area (Å²) in [6.45, 7) is 4.27. The molecule has 1 heterocycles. The van der Waals surface area contributed by atoms with Crippen LogP contribution in [0, 0.1) is 11.8 Å². The largest absolute Gasteiger partial charge is 0.327 e. The predicted octanol–water partition coefficient (Wildman–Crippen LogP) is 2.22. The smallest absolute Gasteiger partial charge is 0.230 e. The summed E-state index contributed by atoms with van der Waals surface area (Å²) < 4.78 is 0. The van der Waals surface area contributed by atoms with Gasteiger partial charge in [-0.2, -0.15) is 0 Å². The van der Waals surface area contributed by atoms with Gasteiger partial charge in [0, 0.05) is 12.5 Å². The minimum Gasteiger partial charge on any atom is -0.327 e. The van der Waals surface area contributed by atoms with Crippen molar-refractivity contribution < 1.29 is 4.79 Å². The summed E-state index contributed by atoms with van der Waals surface area (Å²) in [5, 5.41) is 12.5. The average molecular weight is 305 g/mol. The number of amides is 1. The molecular formula is C12H21ClN4OS. The van der Waals surface area contributed by atoms with E-state index in [-0.39, 0.29) is 30.3 Å². The van der Waals surface area contributed by atoms with Gasteiger partial charge in [-0.1, -0.05) is 31.6 Å². The summed E-state index contributed by atoms with van der Waals surface area (Å²) in [6, 6.07) is -0.00643. The van der Waals surface area contributed by atoms with Gasteiger partial charge >= 0.3 is 0 Å². The first-order chi connectivity index (χ1) is 8.56. The molecule has 1 saturated carbocycles. The summed E-state index contributed by atoms with van der Waals surface area (Å²) in [5.41, 5.74) is 5.91. The van der Waals surface area contributed by atoms with Crippen LogP contribution in [0.3, 0.4) is 0 Å². The lowest BCUT2D eigenvalue weighted by Gasteiger charge is -2.13. The molecule has 2 atom stereocenters. The van der Waals surface area contributed by atoms with Crippen LogP contribution in [0.1, 0.15) is 38.1 Å². The first kappa shape index (κ1) is 16.3. The summed E-state index contributed by atoms with van der Waals surface area (Å²) in [6.07, 6.45) is 3.75. The van der Waals surface area contributed by atoms with Crippen molar-refractivity contribution >= 4 is 34.8 Å². The Morgan fingerprint density at radius 3 is 2.79 bits per heavy atom. The molecule has 108 valence electrons. The second-order valence-electron chi connectivity index (χ2n) is 5.29. The van der Waals surface area contributed by atoms with E-state index < -0.39 is 0 Å². The van der Waals surface area contributed by atoms with E-state index in [4.69, 9.17) is 5.73 Å². The lowest BCUT2D eigenvalue weighted by atomic mass is 10.0. The van der Waals surface area contributed by atoms with E-state index in [0.29, 0.717) is 11.0 Å². The number of nitrogens with two attached hydrogens (primary N) is 1. The van der Waals surface area contributed by atoms with Crippen LogP contribution in [-0.4, -0.2) is 22.1 Å². The molecule has 1 aromatic heterocycles. The Bertz CT molecular complexity index is 424. The van der Waals surface area contributed by atoms with Crippen molar-refractivity contribution in [3.63, 3.8) is 0 Å². The maximum absolute atomic E-state index is 12.0. The van der Waals surface area contributed by atoms with Gasteiger partial charge in [-0.15, -0.1) is 22.6 Å². The van der Waals surface area contributed by atoms with Gasteiger partial charge in [0.15, 0.2) is 0 Å². The molecule has 19 heavy (non-hydrogen) atoms. The first-order valence-corrected chi connectivity index (χ1v) is 7.26. The molecule has 3 N–H and O–H groups in total. The Labute approximate surface area is 123 Å². The lowest BCUT2D eigenvalue weighted by Crippen LogP contribution is -2.34. The van der Waals surface area contributed by atoms with E-state index in [0.717, 1.165) is 30.7 Å². The average Bonchev–Trinajstić information content (AvgIpc) is 2.87. The minimum atomic E-state index is -0.0672. The molecule has 0 aliphatic heterocycles. The van der Waals surface area contributed by atoms with Crippen LogP contribution < -0.4 is 11.1 Å². The molecule has 1 aliphatic carbocycles. The predicted molar refractivity (Wildman–Crippen MR) is 79.6 cm³/mol. The molecule has 1 aliphatic rings. The van der Waals surface area contributed by atoms with Gasteiger partial charge in [0.05, 0.1) is 5.92 Å². The van der Waals surface area contributed by atoms with E-state index in [2.05, 4.69) is 29.4 Å². The highest BCUT2D eigenvalue weighted by atomic mass is 35.5. The van der Waals surface area contributed by atoms with Crippen LogP contribution in [-0.2, 0) is 11.2 Å². The Morgan fingerprint density at radius 2 is 2.21 bits per heavy atom. The summed E-state index contributed by atoms with van der Waals surface area (Å²) in [4.78, 5) is 12.0. The normalized spacial score (nSPS) is 22.3. The Kier molecular flexibility index (Phi) is 6.16. The highest BCUT2D eigenvalue weighted by Crippen LogP contribution is 2.26. The summed E-state index contributed by atoms with van der Waals surface area (Å²) in [5.74, 6) is 0.472. The van der Waals surface area contributed by atoms with Gasteiger partial charge in [0.1, 0.15) is 5.01 Å². The number of aromatic nitrogens is 2. The quantitative estimate of drug-likeness (QED) is 0.894.